The Morgan fingerprint density at radius 3 is 2.11 bits per heavy atom. The van der Waals surface area contributed by atoms with Crippen LogP contribution in [0.1, 0.15) is 20.8 Å². The first-order valence-electron chi connectivity index (χ1n) is 2.70. The lowest BCUT2D eigenvalue weighted by atomic mass is 9.92. The van der Waals surface area contributed by atoms with Gasteiger partial charge >= 0.3 is 0 Å². The van der Waals surface area contributed by atoms with E-state index in [9.17, 15) is 4.79 Å². The van der Waals surface area contributed by atoms with Crippen LogP contribution in [0.2, 0.25) is 0 Å². The Morgan fingerprint density at radius 1 is 1.56 bits per heavy atom. The highest BCUT2D eigenvalue weighted by molar-refractivity contribution is 6.29. The summed E-state index contributed by atoms with van der Waals surface area (Å²) < 4.78 is 0. The van der Waals surface area contributed by atoms with E-state index in [-0.39, 0.29) is 5.78 Å². The van der Waals surface area contributed by atoms with Crippen molar-refractivity contribution in [1.82, 2.24) is 0 Å². The summed E-state index contributed by atoms with van der Waals surface area (Å²) in [5.74, 6) is -0.176. The van der Waals surface area contributed by atoms with Crippen LogP contribution in [0.4, 0.5) is 0 Å². The van der Waals surface area contributed by atoms with Crippen LogP contribution in [0.5, 0.6) is 0 Å². The molecule has 9 heavy (non-hydrogen) atoms. The van der Waals surface area contributed by atoms with E-state index in [1.807, 2.05) is 0 Å². The Kier molecular flexibility index (Phi) is 2.37. The fourth-order valence-electron chi connectivity index (χ4n) is 0.246. The summed E-state index contributed by atoms with van der Waals surface area (Å²) in [6.07, 6.45) is 0.917. The molecule has 1 N–H and O–H groups in total. The number of rotatable bonds is 1. The minimum absolute atomic E-state index is 0.176. The van der Waals surface area contributed by atoms with Gasteiger partial charge in [0.2, 0.25) is 0 Å². The summed E-state index contributed by atoms with van der Waals surface area (Å²) >= 11 is 0. The molecular weight excluding hydrogens is 118 g/mol. The first kappa shape index (κ1) is 8.14. The van der Waals surface area contributed by atoms with Crippen LogP contribution in [0.15, 0.2) is 5.16 Å². The van der Waals surface area contributed by atoms with Crippen molar-refractivity contribution in [1.29, 1.82) is 0 Å². The summed E-state index contributed by atoms with van der Waals surface area (Å²) in [4.78, 5) is 10.8. The van der Waals surface area contributed by atoms with Crippen molar-refractivity contribution in [3.63, 3.8) is 0 Å². The molecule has 0 spiro atoms. The summed E-state index contributed by atoms with van der Waals surface area (Å²) in [6, 6.07) is 0. The van der Waals surface area contributed by atoms with E-state index in [1.165, 1.54) is 0 Å². The van der Waals surface area contributed by atoms with E-state index < -0.39 is 5.41 Å². The quantitative estimate of drug-likeness (QED) is 0.327. The molecule has 0 saturated heterocycles. The van der Waals surface area contributed by atoms with E-state index in [2.05, 4.69) is 5.16 Å². The highest BCUT2D eigenvalue weighted by Gasteiger charge is 2.18. The van der Waals surface area contributed by atoms with Crippen molar-refractivity contribution in [2.45, 2.75) is 20.8 Å². The number of Topliss-reactive ketones (excluding diaryl/α,β-unsaturated/α-hetero) is 1. The zero-order valence-corrected chi connectivity index (χ0v) is 5.88. The number of ketones is 1. The lowest BCUT2D eigenvalue weighted by molar-refractivity contribution is -0.119. The maximum absolute atomic E-state index is 10.8. The molecule has 0 saturated carbocycles. The van der Waals surface area contributed by atoms with Gasteiger partial charge in [0.1, 0.15) is 6.21 Å². The first-order valence-corrected chi connectivity index (χ1v) is 2.70. The molecule has 0 atom stereocenters. The molecule has 52 valence electrons. The van der Waals surface area contributed by atoms with Crippen LogP contribution >= 0.6 is 0 Å². The highest BCUT2D eigenvalue weighted by atomic mass is 16.4. The van der Waals surface area contributed by atoms with Crippen molar-refractivity contribution in [3.8, 4) is 0 Å². The third kappa shape index (κ3) is 2.85. The molecule has 0 bridgehead atoms. The van der Waals surface area contributed by atoms with Crippen LogP contribution < -0.4 is 0 Å². The number of carbonyl (C=O) groups is 1. The van der Waals surface area contributed by atoms with E-state index in [0.717, 1.165) is 6.21 Å². The molecule has 0 aliphatic heterocycles. The van der Waals surface area contributed by atoms with E-state index in [1.54, 1.807) is 20.8 Å². The van der Waals surface area contributed by atoms with Crippen LogP contribution in [0.3, 0.4) is 0 Å². The van der Waals surface area contributed by atoms with E-state index >= 15 is 0 Å². The van der Waals surface area contributed by atoms with Crippen LogP contribution in [0.25, 0.3) is 0 Å². The molecule has 0 heterocycles. The fraction of sp³-hybridized carbons (Fsp3) is 0.667. The maximum atomic E-state index is 10.8. The number of hydrogen-bond acceptors (Lipinski definition) is 3. The SMILES string of the molecule is CC(C)(C)C(=O)/C=N\O. The van der Waals surface area contributed by atoms with Crippen LogP contribution in [-0.4, -0.2) is 17.2 Å². The van der Waals surface area contributed by atoms with Crippen molar-refractivity contribution in [2.24, 2.45) is 10.6 Å². The molecule has 0 radical (unpaired) electrons. The Labute approximate surface area is 54.4 Å². The van der Waals surface area contributed by atoms with E-state index in [4.69, 9.17) is 5.21 Å². The number of carbonyl (C=O) groups excluding carboxylic acids is 1. The molecule has 0 aliphatic carbocycles. The Balaban J connectivity index is 4.06. The maximum Gasteiger partial charge on any atom is 0.182 e. The van der Waals surface area contributed by atoms with Gasteiger partial charge in [-0.15, -0.1) is 0 Å². The topological polar surface area (TPSA) is 49.7 Å². The molecule has 3 nitrogen and oxygen atoms in total. The average molecular weight is 129 g/mol. The van der Waals surface area contributed by atoms with Crippen molar-refractivity contribution >= 4 is 12.0 Å². The van der Waals surface area contributed by atoms with E-state index in [0.29, 0.717) is 0 Å². The first-order chi connectivity index (χ1) is 3.98. The van der Waals surface area contributed by atoms with Gasteiger partial charge in [-0.1, -0.05) is 25.9 Å². The van der Waals surface area contributed by atoms with Crippen molar-refractivity contribution < 1.29 is 10.0 Å². The van der Waals surface area contributed by atoms with Gasteiger partial charge < -0.3 is 5.21 Å². The number of hydrogen-bond donors (Lipinski definition) is 1. The highest BCUT2D eigenvalue weighted by Crippen LogP contribution is 2.12. The molecule has 0 amide bonds. The number of nitrogens with zero attached hydrogens (tertiary/aromatic N) is 1. The lowest BCUT2D eigenvalue weighted by Crippen LogP contribution is -2.20. The second kappa shape index (κ2) is 2.62. The van der Waals surface area contributed by atoms with Gasteiger partial charge in [0.15, 0.2) is 5.78 Å². The zero-order valence-electron chi connectivity index (χ0n) is 5.88. The molecule has 0 rings (SSSR count). The Morgan fingerprint density at radius 2 is 2.00 bits per heavy atom. The molecule has 0 aromatic carbocycles. The van der Waals surface area contributed by atoms with Gasteiger partial charge in [-0.25, -0.2) is 0 Å². The molecule has 0 aliphatic rings. The molecule has 0 unspecified atom stereocenters. The largest absolute Gasteiger partial charge is 0.411 e. The van der Waals surface area contributed by atoms with Gasteiger partial charge in [0, 0.05) is 5.41 Å². The summed E-state index contributed by atoms with van der Waals surface area (Å²) in [7, 11) is 0. The smallest absolute Gasteiger partial charge is 0.182 e. The van der Waals surface area contributed by atoms with Gasteiger partial charge in [0.25, 0.3) is 0 Å². The second-order valence-corrected chi connectivity index (χ2v) is 2.86. The predicted molar refractivity (Wildman–Crippen MR) is 34.7 cm³/mol. The Bertz CT molecular complexity index is 132. The van der Waals surface area contributed by atoms with Crippen LogP contribution in [0, 0.1) is 5.41 Å². The van der Waals surface area contributed by atoms with Gasteiger partial charge in [-0.05, 0) is 0 Å². The molecular formula is C6H11NO2. The van der Waals surface area contributed by atoms with Crippen molar-refractivity contribution in [2.75, 3.05) is 0 Å². The molecule has 0 aromatic heterocycles. The molecule has 0 fully saturated rings. The van der Waals surface area contributed by atoms with Crippen LogP contribution in [-0.2, 0) is 4.79 Å². The summed E-state index contributed by atoms with van der Waals surface area (Å²) in [5.41, 5.74) is -0.438. The normalized spacial score (nSPS) is 12.3. The third-order valence-electron chi connectivity index (χ3n) is 0.914. The molecule has 0 aromatic rings. The van der Waals surface area contributed by atoms with Crippen molar-refractivity contribution in [3.05, 3.63) is 0 Å². The second-order valence-electron chi connectivity index (χ2n) is 2.86. The lowest BCUT2D eigenvalue weighted by Gasteiger charge is -2.11. The predicted octanol–water partition coefficient (Wildman–Crippen LogP) is 1.06. The minimum Gasteiger partial charge on any atom is -0.411 e. The summed E-state index contributed by atoms with van der Waals surface area (Å²) in [5, 5.41) is 10.6. The average Bonchev–Trinajstić information content (AvgIpc) is 1.64. The monoisotopic (exact) mass is 129 g/mol. The fourth-order valence-corrected chi connectivity index (χ4v) is 0.246. The number of oxime groups is 1. The Hall–Kier alpha value is -0.860. The van der Waals surface area contributed by atoms with Gasteiger partial charge in [0.05, 0.1) is 0 Å². The summed E-state index contributed by atoms with van der Waals surface area (Å²) in [6.45, 7) is 5.28. The minimum atomic E-state index is -0.438. The zero-order chi connectivity index (χ0) is 7.49. The third-order valence-corrected chi connectivity index (χ3v) is 0.914. The molecule has 3 heteroatoms. The van der Waals surface area contributed by atoms with Gasteiger partial charge in [-0.3, -0.25) is 4.79 Å². The standard InChI is InChI=1S/C6H11NO2/c1-6(2,3)5(8)4-7-9/h4,9H,1-3H3/b7-4-. The van der Waals surface area contributed by atoms with Gasteiger partial charge in [-0.2, -0.15) is 0 Å².